The van der Waals surface area contributed by atoms with Crippen LogP contribution in [0.1, 0.15) is 12.5 Å². The SMILES string of the molecule is CCn1cc(Oc2c(Cl)cccc2CCN)cn1. The summed E-state index contributed by atoms with van der Waals surface area (Å²) in [5.41, 5.74) is 6.59. The maximum Gasteiger partial charge on any atom is 0.165 e. The van der Waals surface area contributed by atoms with Gasteiger partial charge in [-0.2, -0.15) is 5.10 Å². The first-order valence-electron chi connectivity index (χ1n) is 5.92. The van der Waals surface area contributed by atoms with Crippen LogP contribution < -0.4 is 10.5 Å². The second-order valence-corrected chi connectivity index (χ2v) is 4.31. The molecule has 0 amide bonds. The normalized spacial score (nSPS) is 10.6. The molecule has 0 spiro atoms. The Bertz CT molecular complexity index is 525. The third-order valence-corrected chi connectivity index (χ3v) is 2.91. The number of aromatic nitrogens is 2. The Labute approximate surface area is 111 Å². The number of hydrogen-bond donors (Lipinski definition) is 1. The van der Waals surface area contributed by atoms with Gasteiger partial charge in [-0.25, -0.2) is 0 Å². The van der Waals surface area contributed by atoms with Crippen molar-refractivity contribution in [1.82, 2.24) is 9.78 Å². The van der Waals surface area contributed by atoms with E-state index in [0.717, 1.165) is 18.5 Å². The van der Waals surface area contributed by atoms with E-state index in [9.17, 15) is 0 Å². The number of benzene rings is 1. The van der Waals surface area contributed by atoms with E-state index in [2.05, 4.69) is 5.10 Å². The number of halogens is 1. The largest absolute Gasteiger partial charge is 0.452 e. The van der Waals surface area contributed by atoms with Crippen molar-refractivity contribution in [1.29, 1.82) is 0 Å². The average molecular weight is 266 g/mol. The highest BCUT2D eigenvalue weighted by molar-refractivity contribution is 6.32. The van der Waals surface area contributed by atoms with E-state index in [0.29, 0.717) is 23.1 Å². The van der Waals surface area contributed by atoms with E-state index in [4.69, 9.17) is 22.1 Å². The average Bonchev–Trinajstić information content (AvgIpc) is 2.82. The number of nitrogens with zero attached hydrogens (tertiary/aromatic N) is 2. The third-order valence-electron chi connectivity index (χ3n) is 2.62. The van der Waals surface area contributed by atoms with Crippen LogP contribution in [-0.2, 0) is 13.0 Å². The van der Waals surface area contributed by atoms with Crippen molar-refractivity contribution in [3.05, 3.63) is 41.2 Å². The molecule has 5 heteroatoms. The maximum absolute atomic E-state index is 6.16. The smallest absolute Gasteiger partial charge is 0.165 e. The first-order chi connectivity index (χ1) is 8.74. The standard InChI is InChI=1S/C13H16ClN3O/c1-2-17-9-11(8-16-17)18-13-10(6-7-15)4-3-5-12(13)14/h3-5,8-9H,2,6-7,15H2,1H3. The zero-order valence-electron chi connectivity index (χ0n) is 10.3. The highest BCUT2D eigenvalue weighted by Crippen LogP contribution is 2.32. The number of aryl methyl sites for hydroxylation is 1. The van der Waals surface area contributed by atoms with E-state index in [1.807, 2.05) is 25.3 Å². The number of rotatable bonds is 5. The zero-order chi connectivity index (χ0) is 13.0. The summed E-state index contributed by atoms with van der Waals surface area (Å²) in [7, 11) is 0. The van der Waals surface area contributed by atoms with Gasteiger partial charge in [0.05, 0.1) is 17.4 Å². The highest BCUT2D eigenvalue weighted by Gasteiger charge is 2.10. The molecule has 18 heavy (non-hydrogen) atoms. The van der Waals surface area contributed by atoms with Crippen LogP contribution in [0.5, 0.6) is 11.5 Å². The molecule has 1 aromatic heterocycles. The Balaban J connectivity index is 2.26. The second kappa shape index (κ2) is 5.89. The van der Waals surface area contributed by atoms with Crippen LogP contribution in [0.3, 0.4) is 0 Å². The van der Waals surface area contributed by atoms with Crippen molar-refractivity contribution in [3.8, 4) is 11.5 Å². The molecule has 0 aliphatic heterocycles. The highest BCUT2D eigenvalue weighted by atomic mass is 35.5. The van der Waals surface area contributed by atoms with E-state index in [1.165, 1.54) is 0 Å². The number of para-hydroxylation sites is 1. The van der Waals surface area contributed by atoms with E-state index in [1.54, 1.807) is 16.9 Å². The van der Waals surface area contributed by atoms with Crippen LogP contribution in [0.25, 0.3) is 0 Å². The Kier molecular flexibility index (Phi) is 4.23. The molecule has 1 heterocycles. The van der Waals surface area contributed by atoms with Crippen molar-refractivity contribution in [2.75, 3.05) is 6.54 Å². The Morgan fingerprint density at radius 3 is 2.94 bits per heavy atom. The molecule has 1 aromatic carbocycles. The molecule has 0 radical (unpaired) electrons. The summed E-state index contributed by atoms with van der Waals surface area (Å²) in [6, 6.07) is 5.68. The van der Waals surface area contributed by atoms with Gasteiger partial charge in [-0.05, 0) is 31.5 Å². The molecule has 0 aliphatic carbocycles. The number of ether oxygens (including phenoxy) is 1. The minimum absolute atomic E-state index is 0.560. The minimum atomic E-state index is 0.560. The summed E-state index contributed by atoms with van der Waals surface area (Å²) in [4.78, 5) is 0. The van der Waals surface area contributed by atoms with Gasteiger partial charge in [-0.3, -0.25) is 4.68 Å². The predicted molar refractivity (Wildman–Crippen MR) is 72.2 cm³/mol. The quantitative estimate of drug-likeness (QED) is 0.904. The lowest BCUT2D eigenvalue weighted by Gasteiger charge is -2.10. The Hall–Kier alpha value is -1.52. The van der Waals surface area contributed by atoms with Gasteiger partial charge in [-0.1, -0.05) is 23.7 Å². The molecule has 96 valence electrons. The topological polar surface area (TPSA) is 53.1 Å². The number of hydrogen-bond acceptors (Lipinski definition) is 3. The van der Waals surface area contributed by atoms with E-state index >= 15 is 0 Å². The van der Waals surface area contributed by atoms with Crippen LogP contribution in [0.15, 0.2) is 30.6 Å². The molecule has 2 aromatic rings. The summed E-state index contributed by atoms with van der Waals surface area (Å²) < 4.78 is 7.60. The van der Waals surface area contributed by atoms with Gasteiger partial charge in [0.15, 0.2) is 5.75 Å². The van der Waals surface area contributed by atoms with Crippen molar-refractivity contribution in [3.63, 3.8) is 0 Å². The van der Waals surface area contributed by atoms with Crippen LogP contribution in [0.2, 0.25) is 5.02 Å². The van der Waals surface area contributed by atoms with Gasteiger partial charge >= 0.3 is 0 Å². The van der Waals surface area contributed by atoms with Crippen LogP contribution in [0, 0.1) is 0 Å². The van der Waals surface area contributed by atoms with Gasteiger partial charge in [-0.15, -0.1) is 0 Å². The third kappa shape index (κ3) is 2.83. The molecule has 0 unspecified atom stereocenters. The summed E-state index contributed by atoms with van der Waals surface area (Å²) in [6.07, 6.45) is 4.26. The van der Waals surface area contributed by atoms with Crippen molar-refractivity contribution < 1.29 is 4.74 Å². The van der Waals surface area contributed by atoms with Gasteiger partial charge in [0.25, 0.3) is 0 Å². The molecule has 0 atom stereocenters. The fraction of sp³-hybridized carbons (Fsp3) is 0.308. The Morgan fingerprint density at radius 1 is 1.44 bits per heavy atom. The van der Waals surface area contributed by atoms with Crippen molar-refractivity contribution in [2.24, 2.45) is 5.73 Å². The van der Waals surface area contributed by atoms with Gasteiger partial charge in [0.1, 0.15) is 5.75 Å². The molecule has 2 rings (SSSR count). The molecule has 0 saturated carbocycles. The first kappa shape index (κ1) is 12.9. The lowest BCUT2D eigenvalue weighted by atomic mass is 10.1. The molecule has 0 fully saturated rings. The van der Waals surface area contributed by atoms with E-state index < -0.39 is 0 Å². The Morgan fingerprint density at radius 2 is 2.28 bits per heavy atom. The fourth-order valence-electron chi connectivity index (χ4n) is 1.71. The minimum Gasteiger partial charge on any atom is -0.452 e. The summed E-state index contributed by atoms with van der Waals surface area (Å²) in [5, 5.41) is 4.75. The summed E-state index contributed by atoms with van der Waals surface area (Å²) in [5.74, 6) is 1.35. The van der Waals surface area contributed by atoms with Gasteiger partial charge in [0.2, 0.25) is 0 Å². The molecule has 0 aliphatic rings. The first-order valence-corrected chi connectivity index (χ1v) is 6.30. The summed E-state index contributed by atoms with van der Waals surface area (Å²) in [6.45, 7) is 3.39. The van der Waals surface area contributed by atoms with Gasteiger partial charge < -0.3 is 10.5 Å². The summed E-state index contributed by atoms with van der Waals surface area (Å²) >= 11 is 6.16. The lowest BCUT2D eigenvalue weighted by Crippen LogP contribution is -2.04. The molecular weight excluding hydrogens is 250 g/mol. The molecule has 4 nitrogen and oxygen atoms in total. The van der Waals surface area contributed by atoms with Crippen molar-refractivity contribution >= 4 is 11.6 Å². The molecule has 0 bridgehead atoms. The molecule has 2 N–H and O–H groups in total. The van der Waals surface area contributed by atoms with Crippen LogP contribution >= 0.6 is 11.6 Å². The zero-order valence-corrected chi connectivity index (χ0v) is 11.0. The second-order valence-electron chi connectivity index (χ2n) is 3.90. The predicted octanol–water partition coefficient (Wildman–Crippen LogP) is 2.85. The van der Waals surface area contributed by atoms with E-state index in [-0.39, 0.29) is 0 Å². The monoisotopic (exact) mass is 265 g/mol. The molecular formula is C13H16ClN3O. The van der Waals surface area contributed by atoms with Gasteiger partial charge in [0, 0.05) is 6.54 Å². The van der Waals surface area contributed by atoms with Crippen LogP contribution in [0.4, 0.5) is 0 Å². The lowest BCUT2D eigenvalue weighted by molar-refractivity contribution is 0.475. The van der Waals surface area contributed by atoms with Crippen molar-refractivity contribution in [2.45, 2.75) is 19.9 Å². The fourth-order valence-corrected chi connectivity index (χ4v) is 1.94. The molecule has 0 saturated heterocycles. The number of nitrogens with two attached hydrogens (primary N) is 1. The maximum atomic E-state index is 6.16. The van der Waals surface area contributed by atoms with Crippen LogP contribution in [-0.4, -0.2) is 16.3 Å².